The van der Waals surface area contributed by atoms with Gasteiger partial charge in [-0.05, 0) is 38.3 Å². The van der Waals surface area contributed by atoms with Crippen molar-refractivity contribution in [2.24, 2.45) is 0 Å². The number of hydrogen-bond acceptors (Lipinski definition) is 4. The zero-order valence-electron chi connectivity index (χ0n) is 15.5. The molecule has 1 aliphatic heterocycles. The molecule has 7 heteroatoms. The van der Waals surface area contributed by atoms with Gasteiger partial charge in [-0.3, -0.25) is 4.79 Å². The van der Waals surface area contributed by atoms with Crippen molar-refractivity contribution in [2.75, 3.05) is 32.8 Å². The molecule has 0 saturated carbocycles. The Labute approximate surface area is 158 Å². The number of ether oxygens (including phenoxy) is 1. The second-order valence-electron chi connectivity index (χ2n) is 6.43. The van der Waals surface area contributed by atoms with E-state index in [4.69, 9.17) is 4.74 Å². The third-order valence-corrected chi connectivity index (χ3v) is 5.65. The maximum absolute atomic E-state index is 13.0. The van der Waals surface area contributed by atoms with Gasteiger partial charge in [-0.1, -0.05) is 6.07 Å². The van der Waals surface area contributed by atoms with Crippen molar-refractivity contribution < 1.29 is 14.3 Å². The third kappa shape index (κ3) is 3.77. The molecule has 1 fully saturated rings. The SMILES string of the molecule is CCOC(=O)N1CCN(C(=O)c2cc(C)n(Cc3cccs3)c2C)CC1. The molecule has 0 spiro atoms. The number of amides is 2. The minimum absolute atomic E-state index is 0.0408. The van der Waals surface area contributed by atoms with Gasteiger partial charge < -0.3 is 19.1 Å². The highest BCUT2D eigenvalue weighted by Gasteiger charge is 2.27. The molecule has 0 bridgehead atoms. The molecular weight excluding hydrogens is 350 g/mol. The Morgan fingerprint density at radius 3 is 2.46 bits per heavy atom. The largest absolute Gasteiger partial charge is 0.450 e. The zero-order chi connectivity index (χ0) is 18.7. The van der Waals surface area contributed by atoms with Crippen molar-refractivity contribution in [2.45, 2.75) is 27.3 Å². The van der Waals surface area contributed by atoms with Crippen LogP contribution in [0.1, 0.15) is 33.5 Å². The predicted molar refractivity (Wildman–Crippen MR) is 102 cm³/mol. The second-order valence-corrected chi connectivity index (χ2v) is 7.46. The highest BCUT2D eigenvalue weighted by Crippen LogP contribution is 2.21. The fraction of sp³-hybridized carbons (Fsp3) is 0.474. The van der Waals surface area contributed by atoms with Gasteiger partial charge >= 0.3 is 6.09 Å². The summed E-state index contributed by atoms with van der Waals surface area (Å²) in [5.41, 5.74) is 2.83. The van der Waals surface area contributed by atoms with Crippen LogP contribution in [0.2, 0.25) is 0 Å². The molecule has 1 aliphatic rings. The van der Waals surface area contributed by atoms with E-state index in [0.717, 1.165) is 23.5 Å². The van der Waals surface area contributed by atoms with Gasteiger partial charge in [0.15, 0.2) is 0 Å². The van der Waals surface area contributed by atoms with E-state index in [9.17, 15) is 9.59 Å². The Morgan fingerprint density at radius 2 is 1.85 bits per heavy atom. The van der Waals surface area contributed by atoms with Crippen LogP contribution in [0, 0.1) is 13.8 Å². The summed E-state index contributed by atoms with van der Waals surface area (Å²) in [4.78, 5) is 29.5. The van der Waals surface area contributed by atoms with Crippen LogP contribution in [0.4, 0.5) is 4.79 Å². The second kappa shape index (κ2) is 7.95. The average molecular weight is 375 g/mol. The highest BCUT2D eigenvalue weighted by atomic mass is 32.1. The Bertz CT molecular complexity index is 774. The van der Waals surface area contributed by atoms with Gasteiger partial charge in [0.1, 0.15) is 0 Å². The molecule has 3 heterocycles. The van der Waals surface area contributed by atoms with Crippen LogP contribution in [0.15, 0.2) is 23.6 Å². The van der Waals surface area contributed by atoms with Crippen molar-refractivity contribution >= 4 is 23.3 Å². The number of hydrogen-bond donors (Lipinski definition) is 0. The lowest BCUT2D eigenvalue weighted by Gasteiger charge is -2.34. The van der Waals surface area contributed by atoms with Crippen LogP contribution >= 0.6 is 11.3 Å². The minimum Gasteiger partial charge on any atom is -0.450 e. The number of rotatable bonds is 4. The first kappa shape index (κ1) is 18.5. The molecule has 0 aromatic carbocycles. The van der Waals surface area contributed by atoms with Gasteiger partial charge in [0, 0.05) is 42.4 Å². The molecule has 140 valence electrons. The van der Waals surface area contributed by atoms with Gasteiger partial charge in [0.2, 0.25) is 0 Å². The Morgan fingerprint density at radius 1 is 1.15 bits per heavy atom. The number of carbonyl (C=O) groups excluding carboxylic acids is 2. The lowest BCUT2D eigenvalue weighted by Crippen LogP contribution is -2.50. The molecule has 2 aromatic heterocycles. The first-order chi connectivity index (χ1) is 12.5. The van der Waals surface area contributed by atoms with E-state index in [0.29, 0.717) is 32.8 Å². The van der Waals surface area contributed by atoms with E-state index in [-0.39, 0.29) is 12.0 Å². The Kier molecular flexibility index (Phi) is 5.66. The summed E-state index contributed by atoms with van der Waals surface area (Å²) < 4.78 is 7.22. The van der Waals surface area contributed by atoms with Gasteiger partial charge in [0.05, 0.1) is 18.7 Å². The normalized spacial score (nSPS) is 14.6. The van der Waals surface area contributed by atoms with Gasteiger partial charge in [-0.25, -0.2) is 4.79 Å². The number of carbonyl (C=O) groups is 2. The fourth-order valence-corrected chi connectivity index (χ4v) is 3.99. The van der Waals surface area contributed by atoms with E-state index in [2.05, 4.69) is 16.0 Å². The van der Waals surface area contributed by atoms with Gasteiger partial charge in [-0.2, -0.15) is 0 Å². The molecule has 0 N–H and O–H groups in total. The number of aryl methyl sites for hydroxylation is 1. The average Bonchev–Trinajstić information content (AvgIpc) is 3.25. The van der Waals surface area contributed by atoms with Crippen LogP contribution in [0.25, 0.3) is 0 Å². The molecule has 2 amide bonds. The molecular formula is C19H25N3O3S. The quantitative estimate of drug-likeness (QED) is 0.825. The van der Waals surface area contributed by atoms with Crippen molar-refractivity contribution in [3.05, 3.63) is 45.4 Å². The smallest absolute Gasteiger partial charge is 0.409 e. The van der Waals surface area contributed by atoms with Gasteiger partial charge in [-0.15, -0.1) is 11.3 Å². The summed E-state index contributed by atoms with van der Waals surface area (Å²) in [7, 11) is 0. The molecule has 0 aliphatic carbocycles. The van der Waals surface area contributed by atoms with E-state index in [1.165, 1.54) is 4.88 Å². The van der Waals surface area contributed by atoms with Crippen molar-refractivity contribution in [3.8, 4) is 0 Å². The van der Waals surface area contributed by atoms with E-state index in [1.54, 1.807) is 23.2 Å². The minimum atomic E-state index is -0.297. The van der Waals surface area contributed by atoms with Crippen LogP contribution in [-0.4, -0.2) is 59.2 Å². The van der Waals surface area contributed by atoms with Crippen LogP contribution in [0.5, 0.6) is 0 Å². The zero-order valence-corrected chi connectivity index (χ0v) is 16.3. The summed E-state index contributed by atoms with van der Waals surface area (Å²) in [6, 6.07) is 6.13. The van der Waals surface area contributed by atoms with Gasteiger partial charge in [0.25, 0.3) is 5.91 Å². The molecule has 2 aromatic rings. The monoisotopic (exact) mass is 375 g/mol. The summed E-state index contributed by atoms with van der Waals surface area (Å²) in [6.07, 6.45) is -0.297. The highest BCUT2D eigenvalue weighted by molar-refractivity contribution is 7.09. The van der Waals surface area contributed by atoms with E-state index >= 15 is 0 Å². The summed E-state index contributed by atoms with van der Waals surface area (Å²) in [5.74, 6) is 0.0408. The van der Waals surface area contributed by atoms with E-state index in [1.807, 2.05) is 30.9 Å². The first-order valence-corrected chi connectivity index (χ1v) is 9.79. The lowest BCUT2D eigenvalue weighted by atomic mass is 10.2. The number of nitrogens with zero attached hydrogens (tertiary/aromatic N) is 3. The first-order valence-electron chi connectivity index (χ1n) is 8.91. The van der Waals surface area contributed by atoms with Crippen molar-refractivity contribution in [1.29, 1.82) is 0 Å². The third-order valence-electron chi connectivity index (χ3n) is 4.79. The lowest BCUT2D eigenvalue weighted by molar-refractivity contribution is 0.0570. The maximum atomic E-state index is 13.0. The summed E-state index contributed by atoms with van der Waals surface area (Å²) >= 11 is 1.72. The van der Waals surface area contributed by atoms with Crippen molar-refractivity contribution in [3.63, 3.8) is 0 Å². The van der Waals surface area contributed by atoms with Crippen molar-refractivity contribution in [1.82, 2.24) is 14.4 Å². The molecule has 3 rings (SSSR count). The number of thiophene rings is 1. The standard InChI is InChI=1S/C19H25N3O3S/c1-4-25-19(24)21-9-7-20(8-10-21)18(23)17-12-14(2)22(15(17)3)13-16-6-5-11-26-16/h5-6,11-12H,4,7-10,13H2,1-3H3. The molecule has 6 nitrogen and oxygen atoms in total. The van der Waals surface area contributed by atoms with E-state index < -0.39 is 0 Å². The fourth-order valence-electron chi connectivity index (χ4n) is 3.30. The van der Waals surface area contributed by atoms with Crippen LogP contribution in [-0.2, 0) is 11.3 Å². The topological polar surface area (TPSA) is 54.8 Å². The summed E-state index contributed by atoms with van der Waals surface area (Å²) in [6.45, 7) is 9.09. The molecule has 0 atom stereocenters. The molecule has 26 heavy (non-hydrogen) atoms. The molecule has 0 radical (unpaired) electrons. The molecule has 1 saturated heterocycles. The molecule has 0 unspecified atom stereocenters. The Hall–Kier alpha value is -2.28. The Balaban J connectivity index is 1.68. The number of piperazine rings is 1. The maximum Gasteiger partial charge on any atom is 0.409 e. The summed E-state index contributed by atoms with van der Waals surface area (Å²) in [5, 5.41) is 2.07. The van der Waals surface area contributed by atoms with Crippen LogP contribution in [0.3, 0.4) is 0 Å². The number of aromatic nitrogens is 1. The van der Waals surface area contributed by atoms with Crippen LogP contribution < -0.4 is 0 Å². The predicted octanol–water partition coefficient (Wildman–Crippen LogP) is 3.13.